The van der Waals surface area contributed by atoms with Crippen molar-refractivity contribution in [2.24, 2.45) is 4.99 Å². The molecule has 0 aliphatic heterocycles. The predicted octanol–water partition coefficient (Wildman–Crippen LogP) is 2.48. The van der Waals surface area contributed by atoms with Crippen molar-refractivity contribution in [3.8, 4) is 0 Å². The largest absolute Gasteiger partial charge is 0.364 e. The molecular weight excluding hydrogens is 186 g/mol. The first-order chi connectivity index (χ1) is 7.19. The molecule has 1 unspecified atom stereocenters. The summed E-state index contributed by atoms with van der Waals surface area (Å²) in [6.45, 7) is 10.7. The summed E-state index contributed by atoms with van der Waals surface area (Å²) in [5.41, 5.74) is 0. The lowest BCUT2D eigenvalue weighted by molar-refractivity contribution is 0.474. The van der Waals surface area contributed by atoms with Crippen LogP contribution in [0.3, 0.4) is 0 Å². The van der Waals surface area contributed by atoms with Gasteiger partial charge in [-0.25, -0.2) is 0 Å². The molecule has 0 aromatic rings. The molecule has 0 heterocycles. The highest BCUT2D eigenvalue weighted by Gasteiger charge is 2.07. The lowest BCUT2D eigenvalue weighted by atomic mass is 10.2. The third-order valence-electron chi connectivity index (χ3n) is 2.54. The number of nitrogens with one attached hydrogen (secondary N) is 1. The van der Waals surface area contributed by atoms with Gasteiger partial charge in [-0.1, -0.05) is 27.2 Å². The van der Waals surface area contributed by atoms with Crippen LogP contribution in [0.2, 0.25) is 0 Å². The van der Waals surface area contributed by atoms with Crippen molar-refractivity contribution in [1.29, 1.82) is 0 Å². The highest BCUT2D eigenvalue weighted by Crippen LogP contribution is 2.02. The highest BCUT2D eigenvalue weighted by atomic mass is 15.2. The van der Waals surface area contributed by atoms with Gasteiger partial charge in [-0.15, -0.1) is 0 Å². The Bertz CT molecular complexity index is 172. The molecule has 0 saturated heterocycles. The fourth-order valence-electron chi connectivity index (χ4n) is 1.54. The SMILES string of the molecule is CCCC(N=C(CC)N(C)CC)NCC. The second kappa shape index (κ2) is 8.72. The summed E-state index contributed by atoms with van der Waals surface area (Å²) in [7, 11) is 2.11. The van der Waals surface area contributed by atoms with Crippen LogP contribution in [0.5, 0.6) is 0 Å². The molecule has 0 spiro atoms. The fraction of sp³-hybridized carbons (Fsp3) is 0.917. The molecule has 0 rings (SSSR count). The Balaban J connectivity index is 4.43. The van der Waals surface area contributed by atoms with Gasteiger partial charge in [0.05, 0.1) is 0 Å². The van der Waals surface area contributed by atoms with E-state index in [9.17, 15) is 0 Å². The summed E-state index contributed by atoms with van der Waals surface area (Å²) in [5.74, 6) is 1.21. The molecule has 0 aliphatic carbocycles. The van der Waals surface area contributed by atoms with Gasteiger partial charge in [-0.05, 0) is 19.9 Å². The smallest absolute Gasteiger partial charge is 0.101 e. The van der Waals surface area contributed by atoms with E-state index in [1.165, 1.54) is 12.3 Å². The maximum absolute atomic E-state index is 4.78. The second-order valence-corrected chi connectivity index (χ2v) is 3.78. The molecule has 1 atom stereocenters. The number of hydrogen-bond acceptors (Lipinski definition) is 2. The lowest BCUT2D eigenvalue weighted by Crippen LogP contribution is -2.32. The van der Waals surface area contributed by atoms with Gasteiger partial charge in [0.15, 0.2) is 0 Å². The second-order valence-electron chi connectivity index (χ2n) is 3.78. The van der Waals surface area contributed by atoms with Crippen LogP contribution in [-0.4, -0.2) is 37.0 Å². The van der Waals surface area contributed by atoms with Crippen molar-refractivity contribution in [1.82, 2.24) is 10.2 Å². The molecule has 15 heavy (non-hydrogen) atoms. The minimum atomic E-state index is 0.295. The quantitative estimate of drug-likeness (QED) is 0.520. The molecular formula is C12H27N3. The Morgan fingerprint density at radius 2 is 1.93 bits per heavy atom. The molecule has 0 saturated carbocycles. The van der Waals surface area contributed by atoms with Crippen LogP contribution in [0, 0.1) is 0 Å². The number of nitrogens with zero attached hydrogens (tertiary/aromatic N) is 2. The van der Waals surface area contributed by atoms with E-state index in [2.05, 4.69) is 45.0 Å². The standard InChI is InChI=1S/C12H27N3/c1-6-10-11(13-8-3)14-12(7-2)15(5)9-4/h11,13H,6-10H2,1-5H3. The Hall–Kier alpha value is -0.570. The first-order valence-electron chi connectivity index (χ1n) is 6.20. The van der Waals surface area contributed by atoms with Gasteiger partial charge in [0.25, 0.3) is 0 Å². The van der Waals surface area contributed by atoms with Gasteiger partial charge in [0.2, 0.25) is 0 Å². The maximum atomic E-state index is 4.78. The van der Waals surface area contributed by atoms with Crippen LogP contribution in [0.1, 0.15) is 47.0 Å². The number of hydrogen-bond donors (Lipinski definition) is 1. The molecule has 0 aliphatic rings. The third-order valence-corrected chi connectivity index (χ3v) is 2.54. The van der Waals surface area contributed by atoms with Crippen LogP contribution in [0.25, 0.3) is 0 Å². The lowest BCUT2D eigenvalue weighted by Gasteiger charge is -2.21. The van der Waals surface area contributed by atoms with Crippen LogP contribution < -0.4 is 5.32 Å². The number of rotatable bonds is 7. The maximum Gasteiger partial charge on any atom is 0.101 e. The topological polar surface area (TPSA) is 27.6 Å². The molecule has 0 bridgehead atoms. The zero-order chi connectivity index (χ0) is 11.7. The predicted molar refractivity (Wildman–Crippen MR) is 68.4 cm³/mol. The highest BCUT2D eigenvalue weighted by molar-refractivity contribution is 5.81. The molecule has 0 aromatic carbocycles. The van der Waals surface area contributed by atoms with Crippen molar-refractivity contribution >= 4 is 5.84 Å². The van der Waals surface area contributed by atoms with E-state index in [-0.39, 0.29) is 0 Å². The Morgan fingerprint density at radius 1 is 1.27 bits per heavy atom. The molecule has 90 valence electrons. The minimum Gasteiger partial charge on any atom is -0.364 e. The van der Waals surface area contributed by atoms with E-state index in [4.69, 9.17) is 4.99 Å². The van der Waals surface area contributed by atoms with E-state index in [0.29, 0.717) is 6.17 Å². The van der Waals surface area contributed by atoms with Crippen LogP contribution in [-0.2, 0) is 0 Å². The monoisotopic (exact) mass is 213 g/mol. The Morgan fingerprint density at radius 3 is 2.33 bits per heavy atom. The number of amidine groups is 1. The van der Waals surface area contributed by atoms with Crippen LogP contribution in [0.4, 0.5) is 0 Å². The average molecular weight is 213 g/mol. The van der Waals surface area contributed by atoms with Gasteiger partial charge in [-0.2, -0.15) is 0 Å². The minimum absolute atomic E-state index is 0.295. The van der Waals surface area contributed by atoms with Crippen LogP contribution >= 0.6 is 0 Å². The van der Waals surface area contributed by atoms with Gasteiger partial charge in [-0.3, -0.25) is 10.3 Å². The molecule has 3 heteroatoms. The fourth-order valence-corrected chi connectivity index (χ4v) is 1.54. The van der Waals surface area contributed by atoms with E-state index in [1.54, 1.807) is 0 Å². The van der Waals surface area contributed by atoms with Crippen molar-refractivity contribution in [3.05, 3.63) is 0 Å². The summed E-state index contributed by atoms with van der Waals surface area (Å²) in [6, 6.07) is 0. The Labute approximate surface area is 95.0 Å². The van der Waals surface area contributed by atoms with Crippen LogP contribution in [0.15, 0.2) is 4.99 Å². The molecule has 3 nitrogen and oxygen atoms in total. The molecule has 0 fully saturated rings. The van der Waals surface area contributed by atoms with Crippen molar-refractivity contribution in [2.45, 2.75) is 53.1 Å². The zero-order valence-electron chi connectivity index (χ0n) is 11.0. The van der Waals surface area contributed by atoms with Gasteiger partial charge in [0, 0.05) is 20.0 Å². The summed E-state index contributed by atoms with van der Waals surface area (Å²) in [4.78, 5) is 7.00. The molecule has 0 amide bonds. The summed E-state index contributed by atoms with van der Waals surface area (Å²) in [5, 5.41) is 3.41. The van der Waals surface area contributed by atoms with Crippen molar-refractivity contribution in [2.75, 3.05) is 20.1 Å². The van der Waals surface area contributed by atoms with Crippen molar-refractivity contribution in [3.63, 3.8) is 0 Å². The van der Waals surface area contributed by atoms with E-state index < -0.39 is 0 Å². The van der Waals surface area contributed by atoms with E-state index in [1.807, 2.05) is 0 Å². The first kappa shape index (κ1) is 14.4. The molecule has 0 aromatic heterocycles. The van der Waals surface area contributed by atoms with E-state index in [0.717, 1.165) is 25.9 Å². The summed E-state index contributed by atoms with van der Waals surface area (Å²) in [6.07, 6.45) is 3.60. The molecule has 1 N–H and O–H groups in total. The van der Waals surface area contributed by atoms with Crippen molar-refractivity contribution < 1.29 is 0 Å². The average Bonchev–Trinajstić information content (AvgIpc) is 2.25. The summed E-state index contributed by atoms with van der Waals surface area (Å²) < 4.78 is 0. The summed E-state index contributed by atoms with van der Waals surface area (Å²) >= 11 is 0. The normalized spacial score (nSPS) is 14.1. The number of aliphatic imine (C=N–C) groups is 1. The van der Waals surface area contributed by atoms with Gasteiger partial charge in [0.1, 0.15) is 12.0 Å². The van der Waals surface area contributed by atoms with Gasteiger partial charge < -0.3 is 4.90 Å². The Kier molecular flexibility index (Phi) is 8.38. The third kappa shape index (κ3) is 5.78. The molecule has 0 radical (unpaired) electrons. The first-order valence-corrected chi connectivity index (χ1v) is 6.20. The van der Waals surface area contributed by atoms with Gasteiger partial charge >= 0.3 is 0 Å². The van der Waals surface area contributed by atoms with E-state index >= 15 is 0 Å². The zero-order valence-corrected chi connectivity index (χ0v) is 11.0.